The number of ether oxygens (including phenoxy) is 1. The fourth-order valence-corrected chi connectivity index (χ4v) is 2.12. The van der Waals surface area contributed by atoms with Gasteiger partial charge in [-0.15, -0.1) is 0 Å². The summed E-state index contributed by atoms with van der Waals surface area (Å²) in [5, 5.41) is 2.98. The molecule has 1 N–H and O–H groups in total. The third kappa shape index (κ3) is 2.71. The molecule has 1 aliphatic carbocycles. The molecule has 0 amide bonds. The Morgan fingerprint density at radius 3 is 2.68 bits per heavy atom. The monoisotopic (exact) mass is 294 g/mol. The molecule has 6 nitrogen and oxygen atoms in total. The lowest BCUT2D eigenvalue weighted by atomic mass is 10.1. The SMILES string of the molecule is CCOC(=O)c1c2cccccc-2nc1Nc1ncccn1. The lowest BCUT2D eigenvalue weighted by Gasteiger charge is -2.05. The summed E-state index contributed by atoms with van der Waals surface area (Å²) in [7, 11) is 0. The summed E-state index contributed by atoms with van der Waals surface area (Å²) in [6.07, 6.45) is 3.23. The van der Waals surface area contributed by atoms with Gasteiger partial charge in [-0.3, -0.25) is 0 Å². The van der Waals surface area contributed by atoms with E-state index in [1.165, 1.54) is 0 Å². The molecule has 110 valence electrons. The Kier molecular flexibility index (Phi) is 3.91. The maximum absolute atomic E-state index is 12.3. The van der Waals surface area contributed by atoms with Crippen LogP contribution in [0.2, 0.25) is 0 Å². The first-order valence-corrected chi connectivity index (χ1v) is 6.89. The molecule has 0 saturated heterocycles. The zero-order chi connectivity index (χ0) is 15.4. The van der Waals surface area contributed by atoms with Gasteiger partial charge in [0.15, 0.2) is 0 Å². The molecule has 1 aromatic heterocycles. The summed E-state index contributed by atoms with van der Waals surface area (Å²) in [5.41, 5.74) is 1.81. The van der Waals surface area contributed by atoms with Gasteiger partial charge >= 0.3 is 5.97 Å². The molecular formula is C16H14N4O2. The van der Waals surface area contributed by atoms with Gasteiger partial charge in [0.25, 0.3) is 0 Å². The summed E-state index contributed by atoms with van der Waals surface area (Å²) in [5.74, 6) is 0.348. The van der Waals surface area contributed by atoms with Gasteiger partial charge in [0.1, 0.15) is 11.4 Å². The highest BCUT2D eigenvalue weighted by molar-refractivity contribution is 6.03. The van der Waals surface area contributed by atoms with Crippen molar-refractivity contribution in [3.63, 3.8) is 0 Å². The quantitative estimate of drug-likeness (QED) is 0.745. The van der Waals surface area contributed by atoms with Gasteiger partial charge in [0.05, 0.1) is 12.3 Å². The highest BCUT2D eigenvalue weighted by Gasteiger charge is 2.24. The van der Waals surface area contributed by atoms with Crippen LogP contribution in [0.25, 0.3) is 11.3 Å². The van der Waals surface area contributed by atoms with Crippen molar-refractivity contribution in [3.8, 4) is 11.3 Å². The molecule has 1 aromatic rings. The number of nitrogens with zero attached hydrogens (tertiary/aromatic N) is 3. The van der Waals surface area contributed by atoms with E-state index in [-0.39, 0.29) is 0 Å². The Hall–Kier alpha value is -3.02. The van der Waals surface area contributed by atoms with Crippen LogP contribution in [0, 0.1) is 0 Å². The van der Waals surface area contributed by atoms with E-state index in [2.05, 4.69) is 20.3 Å². The summed E-state index contributed by atoms with van der Waals surface area (Å²) >= 11 is 0. The number of aromatic nitrogens is 3. The molecule has 0 unspecified atom stereocenters. The minimum absolute atomic E-state index is 0.297. The van der Waals surface area contributed by atoms with E-state index < -0.39 is 5.97 Å². The molecule has 0 fully saturated rings. The molecule has 6 heteroatoms. The van der Waals surface area contributed by atoms with Crippen molar-refractivity contribution in [2.45, 2.75) is 6.92 Å². The van der Waals surface area contributed by atoms with Crippen molar-refractivity contribution in [1.29, 1.82) is 0 Å². The van der Waals surface area contributed by atoms with Crippen LogP contribution in [-0.4, -0.2) is 27.5 Å². The molecular weight excluding hydrogens is 280 g/mol. The maximum Gasteiger partial charge on any atom is 0.342 e. The minimum Gasteiger partial charge on any atom is -0.462 e. The van der Waals surface area contributed by atoms with E-state index in [1.807, 2.05) is 30.3 Å². The van der Waals surface area contributed by atoms with Crippen LogP contribution in [0.15, 0.2) is 48.8 Å². The number of carbonyl (C=O) groups is 1. The van der Waals surface area contributed by atoms with Crippen LogP contribution in [0.1, 0.15) is 17.3 Å². The normalized spacial score (nSPS) is 10.4. The number of carbonyl (C=O) groups excluding carboxylic acids is 1. The van der Waals surface area contributed by atoms with Crippen LogP contribution in [0.4, 0.5) is 11.8 Å². The predicted molar refractivity (Wildman–Crippen MR) is 82.1 cm³/mol. The van der Waals surface area contributed by atoms with Crippen LogP contribution < -0.4 is 5.32 Å². The van der Waals surface area contributed by atoms with Gasteiger partial charge < -0.3 is 10.1 Å². The van der Waals surface area contributed by atoms with Gasteiger partial charge in [-0.2, -0.15) is 0 Å². The fourth-order valence-electron chi connectivity index (χ4n) is 2.12. The van der Waals surface area contributed by atoms with Crippen LogP contribution in [-0.2, 0) is 4.74 Å². The Balaban J connectivity index is 2.09. The Morgan fingerprint density at radius 1 is 1.14 bits per heavy atom. The average Bonchev–Trinajstić information content (AvgIpc) is 2.70. The fraction of sp³-hybridized carbons (Fsp3) is 0.125. The molecule has 0 radical (unpaired) electrons. The molecule has 0 atom stereocenters. The average molecular weight is 294 g/mol. The number of hydrogen-bond donors (Lipinski definition) is 1. The summed E-state index contributed by atoms with van der Waals surface area (Å²) in [4.78, 5) is 24.9. The number of nitrogens with one attached hydrogen (secondary N) is 1. The first-order chi connectivity index (χ1) is 10.8. The van der Waals surface area contributed by atoms with Gasteiger partial charge in [0, 0.05) is 18.0 Å². The molecule has 1 aliphatic heterocycles. The van der Waals surface area contributed by atoms with E-state index in [9.17, 15) is 4.79 Å². The molecule has 3 rings (SSSR count). The molecule has 2 aliphatic rings. The second-order valence-corrected chi connectivity index (χ2v) is 4.46. The molecule has 0 aromatic carbocycles. The molecule has 0 bridgehead atoms. The lowest BCUT2D eigenvalue weighted by molar-refractivity contribution is 0.0528. The number of anilines is 2. The second kappa shape index (κ2) is 6.17. The van der Waals surface area contributed by atoms with E-state index >= 15 is 0 Å². The second-order valence-electron chi connectivity index (χ2n) is 4.46. The third-order valence-electron chi connectivity index (χ3n) is 3.03. The van der Waals surface area contributed by atoms with Crippen LogP contribution in [0.3, 0.4) is 0 Å². The number of hydrogen-bond acceptors (Lipinski definition) is 6. The van der Waals surface area contributed by atoms with E-state index in [0.717, 1.165) is 5.56 Å². The van der Waals surface area contributed by atoms with Gasteiger partial charge in [0.2, 0.25) is 5.95 Å². The Labute approximate surface area is 127 Å². The van der Waals surface area contributed by atoms with Crippen LogP contribution in [0.5, 0.6) is 0 Å². The zero-order valence-corrected chi connectivity index (χ0v) is 12.0. The van der Waals surface area contributed by atoms with Gasteiger partial charge in [-0.05, 0) is 19.1 Å². The topological polar surface area (TPSA) is 77.0 Å². The van der Waals surface area contributed by atoms with E-state index in [4.69, 9.17) is 4.74 Å². The van der Waals surface area contributed by atoms with Crippen molar-refractivity contribution >= 4 is 17.7 Å². The van der Waals surface area contributed by atoms with Crippen LogP contribution >= 0.6 is 0 Å². The largest absolute Gasteiger partial charge is 0.462 e. The van der Waals surface area contributed by atoms with Crippen molar-refractivity contribution in [3.05, 3.63) is 54.4 Å². The smallest absolute Gasteiger partial charge is 0.342 e. The first-order valence-electron chi connectivity index (χ1n) is 6.89. The van der Waals surface area contributed by atoms with E-state index in [1.54, 1.807) is 25.4 Å². The highest BCUT2D eigenvalue weighted by Crippen LogP contribution is 2.32. The van der Waals surface area contributed by atoms with Crippen molar-refractivity contribution in [1.82, 2.24) is 15.0 Å². The zero-order valence-electron chi connectivity index (χ0n) is 12.0. The van der Waals surface area contributed by atoms with Crippen molar-refractivity contribution < 1.29 is 9.53 Å². The van der Waals surface area contributed by atoms with E-state index in [0.29, 0.717) is 29.6 Å². The molecule has 0 spiro atoms. The molecule has 0 saturated carbocycles. The Morgan fingerprint density at radius 2 is 1.91 bits per heavy atom. The van der Waals surface area contributed by atoms with Crippen molar-refractivity contribution in [2.24, 2.45) is 0 Å². The first kappa shape index (κ1) is 13.9. The number of fused-ring (bicyclic) bond motifs is 1. The third-order valence-corrected chi connectivity index (χ3v) is 3.03. The number of rotatable bonds is 4. The highest BCUT2D eigenvalue weighted by atomic mass is 16.5. The standard InChI is InChI=1S/C16H14N4O2/c1-2-22-15(21)13-11-7-4-3-5-8-12(11)19-14(13)20-16-17-9-6-10-18-16/h3-10H,2H2,1H3,(H,17,18,19,20). The molecule has 22 heavy (non-hydrogen) atoms. The lowest BCUT2D eigenvalue weighted by Crippen LogP contribution is -2.08. The summed E-state index contributed by atoms with van der Waals surface area (Å²) in [6, 6.07) is 11.0. The predicted octanol–water partition coefficient (Wildman–Crippen LogP) is 2.90. The number of esters is 1. The summed E-state index contributed by atoms with van der Waals surface area (Å²) < 4.78 is 5.14. The van der Waals surface area contributed by atoms with Gasteiger partial charge in [-0.1, -0.05) is 24.3 Å². The van der Waals surface area contributed by atoms with Crippen molar-refractivity contribution in [2.75, 3.05) is 11.9 Å². The van der Waals surface area contributed by atoms with Gasteiger partial charge in [-0.25, -0.2) is 19.7 Å². The molecule has 2 heterocycles. The summed E-state index contributed by atoms with van der Waals surface area (Å²) in [6.45, 7) is 2.07. The maximum atomic E-state index is 12.3. The Bertz CT molecular complexity index is 761. The minimum atomic E-state index is -0.422.